The molecule has 0 fully saturated rings. The molecule has 1 atom stereocenters. The fraction of sp³-hybridized carbons (Fsp3) is 0.286. The summed E-state index contributed by atoms with van der Waals surface area (Å²) >= 11 is 5.61. The highest BCUT2D eigenvalue weighted by molar-refractivity contribution is 6.30. The maximum absolute atomic E-state index is 13.4. The van der Waals surface area contributed by atoms with Crippen LogP contribution in [0, 0.1) is 12.7 Å². The number of amides is 1. The molecule has 8 heteroatoms. The number of nitrogens with one attached hydrogen (secondary N) is 2. The van der Waals surface area contributed by atoms with Gasteiger partial charge in [0.1, 0.15) is 11.6 Å². The van der Waals surface area contributed by atoms with Gasteiger partial charge >= 0.3 is 0 Å². The Morgan fingerprint density at radius 1 is 1.50 bits per heavy atom. The van der Waals surface area contributed by atoms with Crippen LogP contribution in [0.15, 0.2) is 28.8 Å². The van der Waals surface area contributed by atoms with Crippen LogP contribution in [0.25, 0.3) is 0 Å². The molecule has 0 radical (unpaired) electrons. The van der Waals surface area contributed by atoms with Gasteiger partial charge in [-0.05, 0) is 24.6 Å². The number of anilines is 1. The fourth-order valence-corrected chi connectivity index (χ4v) is 1.96. The van der Waals surface area contributed by atoms with Crippen LogP contribution < -0.4 is 10.6 Å². The molecule has 0 unspecified atom stereocenters. The lowest BCUT2D eigenvalue weighted by atomic mass is 10.1. The third-order valence-corrected chi connectivity index (χ3v) is 3.24. The average molecular weight is 328 g/mol. The van der Waals surface area contributed by atoms with E-state index in [1.165, 1.54) is 12.1 Å². The number of carbonyl (C=O) groups excluding carboxylic acids is 1. The molecule has 3 N–H and O–H groups in total. The van der Waals surface area contributed by atoms with Gasteiger partial charge in [0, 0.05) is 6.07 Å². The number of aliphatic hydroxyl groups is 1. The smallest absolute Gasteiger partial charge is 0.239 e. The maximum atomic E-state index is 13.4. The monoisotopic (exact) mass is 327 g/mol. The standard InChI is InChI=1S/C14H15ClFN3O3/c1-8-4-13(19-22-8)18-14(21)6-17-12(7-20)9-2-3-10(15)11(16)5-9/h2-5,12,17,20H,6-7H2,1H3,(H,18,19,21)/t12-/m0/s1. The van der Waals surface area contributed by atoms with Gasteiger partial charge in [-0.3, -0.25) is 10.1 Å². The topological polar surface area (TPSA) is 87.4 Å². The third-order valence-electron chi connectivity index (χ3n) is 2.93. The first-order valence-electron chi connectivity index (χ1n) is 6.52. The SMILES string of the molecule is Cc1cc(NC(=O)CN[C@@H](CO)c2ccc(Cl)c(F)c2)no1. The van der Waals surface area contributed by atoms with E-state index in [0.29, 0.717) is 17.1 Å². The van der Waals surface area contributed by atoms with Gasteiger partial charge < -0.3 is 14.9 Å². The van der Waals surface area contributed by atoms with E-state index in [2.05, 4.69) is 15.8 Å². The molecule has 0 spiro atoms. The van der Waals surface area contributed by atoms with E-state index >= 15 is 0 Å². The van der Waals surface area contributed by atoms with E-state index in [9.17, 15) is 14.3 Å². The van der Waals surface area contributed by atoms with Gasteiger partial charge in [-0.1, -0.05) is 22.8 Å². The number of halogens is 2. The van der Waals surface area contributed by atoms with Crippen molar-refractivity contribution in [2.75, 3.05) is 18.5 Å². The average Bonchev–Trinajstić information content (AvgIpc) is 2.88. The predicted molar refractivity (Wildman–Crippen MR) is 79.1 cm³/mol. The van der Waals surface area contributed by atoms with Gasteiger partial charge in [-0.15, -0.1) is 0 Å². The van der Waals surface area contributed by atoms with Crippen LogP contribution in [0.3, 0.4) is 0 Å². The first kappa shape index (κ1) is 16.4. The molecule has 0 aliphatic heterocycles. The lowest BCUT2D eigenvalue weighted by Crippen LogP contribution is -2.33. The number of carbonyl (C=O) groups is 1. The van der Waals surface area contributed by atoms with Crippen molar-refractivity contribution >= 4 is 23.3 Å². The molecule has 2 rings (SSSR count). The van der Waals surface area contributed by atoms with E-state index in [1.54, 1.807) is 19.1 Å². The number of aliphatic hydroxyl groups excluding tert-OH is 1. The van der Waals surface area contributed by atoms with Crippen LogP contribution in [0.5, 0.6) is 0 Å². The molecule has 0 saturated heterocycles. The zero-order chi connectivity index (χ0) is 16.1. The van der Waals surface area contributed by atoms with Gasteiger partial charge in [0.05, 0.1) is 24.2 Å². The largest absolute Gasteiger partial charge is 0.394 e. The van der Waals surface area contributed by atoms with Crippen molar-refractivity contribution in [1.29, 1.82) is 0 Å². The molecule has 22 heavy (non-hydrogen) atoms. The molecule has 2 aromatic rings. The van der Waals surface area contributed by atoms with Crippen LogP contribution in [-0.2, 0) is 4.79 Å². The third kappa shape index (κ3) is 4.27. The summed E-state index contributed by atoms with van der Waals surface area (Å²) in [5, 5.41) is 18.4. The summed E-state index contributed by atoms with van der Waals surface area (Å²) in [5.41, 5.74) is 0.495. The minimum Gasteiger partial charge on any atom is -0.394 e. The molecule has 1 amide bonds. The molecule has 1 aromatic carbocycles. The second kappa shape index (κ2) is 7.35. The van der Waals surface area contributed by atoms with Crippen molar-refractivity contribution < 1.29 is 18.8 Å². The highest BCUT2D eigenvalue weighted by Gasteiger charge is 2.14. The second-order valence-corrected chi connectivity index (χ2v) is 5.07. The number of hydrogen-bond acceptors (Lipinski definition) is 5. The van der Waals surface area contributed by atoms with Crippen LogP contribution in [0.2, 0.25) is 5.02 Å². The van der Waals surface area contributed by atoms with Gasteiger partial charge in [0.15, 0.2) is 5.82 Å². The fourth-order valence-electron chi connectivity index (χ4n) is 1.85. The molecular weight excluding hydrogens is 313 g/mol. The van der Waals surface area contributed by atoms with Gasteiger partial charge in [-0.25, -0.2) is 4.39 Å². The van der Waals surface area contributed by atoms with Gasteiger partial charge in [0.2, 0.25) is 5.91 Å². The highest BCUT2D eigenvalue weighted by Crippen LogP contribution is 2.20. The number of rotatable bonds is 6. The van der Waals surface area contributed by atoms with Crippen molar-refractivity contribution in [1.82, 2.24) is 10.5 Å². The summed E-state index contributed by atoms with van der Waals surface area (Å²) < 4.78 is 18.3. The van der Waals surface area contributed by atoms with Crippen molar-refractivity contribution in [2.45, 2.75) is 13.0 Å². The molecule has 6 nitrogen and oxygen atoms in total. The van der Waals surface area contributed by atoms with Gasteiger partial charge in [0.25, 0.3) is 0 Å². The Balaban J connectivity index is 1.92. The summed E-state index contributed by atoms with van der Waals surface area (Å²) in [6, 6.07) is 5.19. The van der Waals surface area contributed by atoms with E-state index in [1.807, 2.05) is 0 Å². The molecule has 1 aromatic heterocycles. The van der Waals surface area contributed by atoms with E-state index in [-0.39, 0.29) is 24.1 Å². The summed E-state index contributed by atoms with van der Waals surface area (Å²) in [4.78, 5) is 11.8. The molecule has 0 bridgehead atoms. The number of aromatic nitrogens is 1. The Kier molecular flexibility index (Phi) is 5.48. The summed E-state index contributed by atoms with van der Waals surface area (Å²) in [6.07, 6.45) is 0. The number of aryl methyl sites for hydroxylation is 1. The Hall–Kier alpha value is -1.96. The van der Waals surface area contributed by atoms with E-state index < -0.39 is 11.9 Å². The van der Waals surface area contributed by atoms with E-state index in [4.69, 9.17) is 16.1 Å². The summed E-state index contributed by atoms with van der Waals surface area (Å²) in [7, 11) is 0. The predicted octanol–water partition coefficient (Wildman–Crippen LogP) is 2.04. The van der Waals surface area contributed by atoms with Gasteiger partial charge in [-0.2, -0.15) is 0 Å². The maximum Gasteiger partial charge on any atom is 0.239 e. The Bertz CT molecular complexity index is 663. The Labute approximate surface area is 131 Å². The van der Waals surface area contributed by atoms with Crippen molar-refractivity contribution in [3.63, 3.8) is 0 Å². The zero-order valence-corrected chi connectivity index (χ0v) is 12.5. The van der Waals surface area contributed by atoms with Crippen molar-refractivity contribution in [3.05, 3.63) is 46.4 Å². The number of benzene rings is 1. The Morgan fingerprint density at radius 3 is 2.86 bits per heavy atom. The molecule has 0 aliphatic carbocycles. The molecular formula is C14H15ClFN3O3. The molecule has 1 heterocycles. The minimum atomic E-state index is -0.587. The molecule has 0 aliphatic rings. The highest BCUT2D eigenvalue weighted by atomic mass is 35.5. The molecule has 0 saturated carbocycles. The van der Waals surface area contributed by atoms with Crippen LogP contribution in [-0.4, -0.2) is 29.3 Å². The van der Waals surface area contributed by atoms with E-state index in [0.717, 1.165) is 0 Å². The van der Waals surface area contributed by atoms with Crippen molar-refractivity contribution in [3.8, 4) is 0 Å². The first-order chi connectivity index (χ1) is 10.5. The van der Waals surface area contributed by atoms with Crippen LogP contribution in [0.1, 0.15) is 17.4 Å². The quantitative estimate of drug-likeness (QED) is 0.755. The number of hydrogen-bond donors (Lipinski definition) is 3. The zero-order valence-electron chi connectivity index (χ0n) is 11.8. The van der Waals surface area contributed by atoms with Crippen LogP contribution >= 0.6 is 11.6 Å². The van der Waals surface area contributed by atoms with Crippen LogP contribution in [0.4, 0.5) is 10.2 Å². The first-order valence-corrected chi connectivity index (χ1v) is 6.89. The Morgan fingerprint density at radius 2 is 2.27 bits per heavy atom. The summed E-state index contributed by atoms with van der Waals surface area (Å²) in [5.74, 6) is -0.0568. The second-order valence-electron chi connectivity index (χ2n) is 4.66. The number of nitrogens with zero attached hydrogens (tertiary/aromatic N) is 1. The lowest BCUT2D eigenvalue weighted by molar-refractivity contribution is -0.115. The lowest BCUT2D eigenvalue weighted by Gasteiger charge is -2.16. The van der Waals surface area contributed by atoms with Crippen molar-refractivity contribution in [2.24, 2.45) is 0 Å². The summed E-state index contributed by atoms with van der Waals surface area (Å²) in [6.45, 7) is 1.33. The normalized spacial score (nSPS) is 12.2. The minimum absolute atomic E-state index is 0.000384. The molecule has 118 valence electrons.